The van der Waals surface area contributed by atoms with Crippen LogP contribution in [0.25, 0.3) is 0 Å². The average Bonchev–Trinajstić information content (AvgIpc) is 2.45. The molecule has 1 fully saturated rings. The van der Waals surface area contributed by atoms with Crippen LogP contribution in [-0.2, 0) is 6.18 Å². The topological polar surface area (TPSA) is 49.3 Å². The Bertz CT molecular complexity index is 508. The number of halogens is 3. The molecular weight excluding hydrogens is 283 g/mol. The van der Waals surface area contributed by atoms with Crippen molar-refractivity contribution in [1.82, 2.24) is 0 Å². The number of aromatic carboxylic acids is 1. The smallest absolute Gasteiger partial charge is 0.416 e. The van der Waals surface area contributed by atoms with Crippen molar-refractivity contribution in [3.63, 3.8) is 0 Å². The molecule has 1 saturated carbocycles. The van der Waals surface area contributed by atoms with Gasteiger partial charge >= 0.3 is 12.1 Å². The first-order chi connectivity index (χ1) is 9.88. The largest absolute Gasteiger partial charge is 0.478 e. The summed E-state index contributed by atoms with van der Waals surface area (Å²) in [6.07, 6.45) is 1.16. The molecule has 1 aliphatic carbocycles. The second kappa shape index (κ2) is 6.37. The lowest BCUT2D eigenvalue weighted by atomic mass is 9.89. The summed E-state index contributed by atoms with van der Waals surface area (Å²) in [5.41, 5.74) is -1.02. The minimum atomic E-state index is -4.54. The van der Waals surface area contributed by atoms with E-state index in [1.54, 1.807) is 0 Å². The Morgan fingerprint density at radius 2 is 1.90 bits per heavy atom. The van der Waals surface area contributed by atoms with Crippen LogP contribution < -0.4 is 5.32 Å². The minimum Gasteiger partial charge on any atom is -0.478 e. The van der Waals surface area contributed by atoms with Gasteiger partial charge in [0.15, 0.2) is 0 Å². The normalized spacial score (nSPS) is 16.7. The van der Waals surface area contributed by atoms with Crippen LogP contribution in [0.5, 0.6) is 0 Å². The first kappa shape index (κ1) is 15.7. The second-order valence-corrected chi connectivity index (χ2v) is 5.45. The average molecular weight is 301 g/mol. The molecule has 0 spiro atoms. The quantitative estimate of drug-likeness (QED) is 0.866. The summed E-state index contributed by atoms with van der Waals surface area (Å²) in [5, 5.41) is 12.1. The van der Waals surface area contributed by atoms with Crippen molar-refractivity contribution in [3.8, 4) is 0 Å². The molecule has 3 nitrogen and oxygen atoms in total. The molecule has 0 amide bonds. The number of carboxylic acids is 1. The second-order valence-electron chi connectivity index (χ2n) is 5.45. The SMILES string of the molecule is O=C(O)c1cc(C(F)(F)F)ccc1NCC1CCCCC1. The summed E-state index contributed by atoms with van der Waals surface area (Å²) in [6, 6.07) is 2.80. The van der Waals surface area contributed by atoms with Crippen LogP contribution in [0.15, 0.2) is 18.2 Å². The van der Waals surface area contributed by atoms with E-state index in [4.69, 9.17) is 5.11 Å². The standard InChI is InChI=1S/C15H18F3NO2/c16-15(17,18)11-6-7-13(12(8-11)14(20)21)19-9-10-4-2-1-3-5-10/h6-8,10,19H,1-5,9H2,(H,20,21). The van der Waals surface area contributed by atoms with Gasteiger partial charge < -0.3 is 10.4 Å². The maximum Gasteiger partial charge on any atom is 0.416 e. The molecule has 0 heterocycles. The number of rotatable bonds is 4. The van der Waals surface area contributed by atoms with E-state index in [0.717, 1.165) is 31.7 Å². The summed E-state index contributed by atoms with van der Waals surface area (Å²) in [4.78, 5) is 11.1. The lowest BCUT2D eigenvalue weighted by Crippen LogP contribution is -2.19. The van der Waals surface area contributed by atoms with Crippen molar-refractivity contribution < 1.29 is 23.1 Å². The number of anilines is 1. The van der Waals surface area contributed by atoms with E-state index in [0.29, 0.717) is 18.5 Å². The van der Waals surface area contributed by atoms with Gasteiger partial charge in [-0.25, -0.2) is 4.79 Å². The highest BCUT2D eigenvalue weighted by Gasteiger charge is 2.31. The van der Waals surface area contributed by atoms with E-state index in [1.165, 1.54) is 12.5 Å². The molecule has 0 aliphatic heterocycles. The van der Waals surface area contributed by atoms with Crippen molar-refractivity contribution in [2.24, 2.45) is 5.92 Å². The van der Waals surface area contributed by atoms with Gasteiger partial charge in [0.1, 0.15) is 0 Å². The van der Waals surface area contributed by atoms with Gasteiger partial charge in [0.25, 0.3) is 0 Å². The molecular formula is C15H18F3NO2. The first-order valence-electron chi connectivity index (χ1n) is 7.06. The van der Waals surface area contributed by atoms with Gasteiger partial charge in [-0.2, -0.15) is 13.2 Å². The fraction of sp³-hybridized carbons (Fsp3) is 0.533. The van der Waals surface area contributed by atoms with Gasteiger partial charge in [-0.05, 0) is 37.0 Å². The Morgan fingerprint density at radius 3 is 2.48 bits per heavy atom. The molecule has 0 bridgehead atoms. The number of hydrogen-bond donors (Lipinski definition) is 2. The van der Waals surface area contributed by atoms with Crippen LogP contribution in [0.4, 0.5) is 18.9 Å². The van der Waals surface area contributed by atoms with Gasteiger partial charge in [0.05, 0.1) is 11.1 Å². The summed E-state index contributed by atoms with van der Waals surface area (Å²) in [5.74, 6) is -0.894. The van der Waals surface area contributed by atoms with Gasteiger partial charge in [-0.1, -0.05) is 19.3 Å². The third-order valence-corrected chi connectivity index (χ3v) is 3.88. The molecule has 1 aromatic rings. The molecule has 1 aromatic carbocycles. The predicted octanol–water partition coefficient (Wildman–Crippen LogP) is 4.40. The molecule has 1 aliphatic rings. The van der Waals surface area contributed by atoms with Crippen LogP contribution in [0.2, 0.25) is 0 Å². The summed E-state index contributed by atoms with van der Waals surface area (Å²) >= 11 is 0. The Kier molecular flexibility index (Phi) is 4.75. The van der Waals surface area contributed by atoms with Crippen LogP contribution in [-0.4, -0.2) is 17.6 Å². The minimum absolute atomic E-state index is 0.251. The van der Waals surface area contributed by atoms with E-state index in [2.05, 4.69) is 5.32 Å². The Hall–Kier alpha value is -1.72. The number of carboxylic acid groups (broad SMARTS) is 1. The molecule has 0 radical (unpaired) electrons. The Balaban J connectivity index is 2.12. The molecule has 6 heteroatoms. The van der Waals surface area contributed by atoms with E-state index in [9.17, 15) is 18.0 Å². The van der Waals surface area contributed by atoms with Crippen LogP contribution in [0, 0.1) is 5.92 Å². The highest BCUT2D eigenvalue weighted by Crippen LogP contribution is 2.32. The highest BCUT2D eigenvalue weighted by molar-refractivity contribution is 5.94. The maximum absolute atomic E-state index is 12.6. The van der Waals surface area contributed by atoms with Crippen molar-refractivity contribution in [1.29, 1.82) is 0 Å². The third kappa shape index (κ3) is 4.12. The van der Waals surface area contributed by atoms with Crippen LogP contribution in [0.1, 0.15) is 48.0 Å². The molecule has 116 valence electrons. The maximum atomic E-state index is 12.6. The molecule has 0 unspecified atom stereocenters. The zero-order valence-corrected chi connectivity index (χ0v) is 11.5. The molecule has 0 aromatic heterocycles. The third-order valence-electron chi connectivity index (χ3n) is 3.88. The van der Waals surface area contributed by atoms with E-state index >= 15 is 0 Å². The number of benzene rings is 1. The summed E-state index contributed by atoms with van der Waals surface area (Å²) in [7, 11) is 0. The van der Waals surface area contributed by atoms with Crippen molar-refractivity contribution in [2.75, 3.05) is 11.9 Å². The Labute approximate surface area is 121 Å². The van der Waals surface area contributed by atoms with Crippen LogP contribution in [0.3, 0.4) is 0 Å². The Morgan fingerprint density at radius 1 is 1.24 bits per heavy atom. The van der Waals surface area contributed by atoms with Crippen molar-refractivity contribution >= 4 is 11.7 Å². The lowest BCUT2D eigenvalue weighted by molar-refractivity contribution is -0.137. The monoisotopic (exact) mass is 301 g/mol. The highest BCUT2D eigenvalue weighted by atomic mass is 19.4. The van der Waals surface area contributed by atoms with Gasteiger partial charge in [-0.15, -0.1) is 0 Å². The predicted molar refractivity (Wildman–Crippen MR) is 73.5 cm³/mol. The molecule has 0 saturated heterocycles. The van der Waals surface area contributed by atoms with E-state index in [1.807, 2.05) is 0 Å². The zero-order chi connectivity index (χ0) is 15.5. The van der Waals surface area contributed by atoms with Crippen molar-refractivity contribution in [3.05, 3.63) is 29.3 Å². The van der Waals surface area contributed by atoms with Gasteiger partial charge in [-0.3, -0.25) is 0 Å². The van der Waals surface area contributed by atoms with Gasteiger partial charge in [0, 0.05) is 12.2 Å². The summed E-state index contributed by atoms with van der Waals surface area (Å²) in [6.45, 7) is 0.603. The van der Waals surface area contributed by atoms with Gasteiger partial charge in [0.2, 0.25) is 0 Å². The number of carbonyl (C=O) groups is 1. The van der Waals surface area contributed by atoms with Crippen LogP contribution >= 0.6 is 0 Å². The lowest BCUT2D eigenvalue weighted by Gasteiger charge is -2.23. The molecule has 2 rings (SSSR count). The molecule has 2 N–H and O–H groups in total. The zero-order valence-electron chi connectivity index (χ0n) is 11.5. The number of hydrogen-bond acceptors (Lipinski definition) is 2. The molecule has 21 heavy (non-hydrogen) atoms. The summed E-state index contributed by atoms with van der Waals surface area (Å²) < 4.78 is 37.9. The fourth-order valence-electron chi connectivity index (χ4n) is 2.70. The number of alkyl halides is 3. The first-order valence-corrected chi connectivity index (χ1v) is 7.06. The van der Waals surface area contributed by atoms with E-state index in [-0.39, 0.29) is 11.3 Å². The fourth-order valence-corrected chi connectivity index (χ4v) is 2.70. The van der Waals surface area contributed by atoms with Crippen molar-refractivity contribution in [2.45, 2.75) is 38.3 Å². The number of nitrogens with one attached hydrogen (secondary N) is 1. The van der Waals surface area contributed by atoms with E-state index < -0.39 is 17.7 Å². The molecule has 0 atom stereocenters.